The number of H-pyrrole nitrogens is 1. The lowest BCUT2D eigenvalue weighted by molar-refractivity contribution is -0.137. The number of benzene rings is 3. The maximum absolute atomic E-state index is 13.2. The molecule has 0 saturated carbocycles. The van der Waals surface area contributed by atoms with Crippen molar-refractivity contribution in [2.24, 2.45) is 7.05 Å². The zero-order chi connectivity index (χ0) is 23.3. The molecule has 5 rings (SSSR count). The Kier molecular flexibility index (Phi) is 4.74. The van der Waals surface area contributed by atoms with Crippen LogP contribution < -0.4 is 5.69 Å². The van der Waals surface area contributed by atoms with E-state index < -0.39 is 17.4 Å². The third kappa shape index (κ3) is 3.53. The molecular formula is C25H19F3N4O. The molecule has 166 valence electrons. The molecule has 0 aliphatic rings. The summed E-state index contributed by atoms with van der Waals surface area (Å²) in [7, 11) is 1.60. The third-order valence-corrected chi connectivity index (χ3v) is 5.71. The highest BCUT2D eigenvalue weighted by atomic mass is 19.4. The largest absolute Gasteiger partial charge is 0.416 e. The average molecular weight is 448 g/mol. The van der Waals surface area contributed by atoms with E-state index in [2.05, 4.69) is 9.97 Å². The summed E-state index contributed by atoms with van der Waals surface area (Å²) in [6.07, 6.45) is -2.88. The summed E-state index contributed by atoms with van der Waals surface area (Å²) in [5.41, 5.74) is 4.50. The molecule has 33 heavy (non-hydrogen) atoms. The number of nitrogens with one attached hydrogen (secondary N) is 1. The number of halogens is 3. The zero-order valence-corrected chi connectivity index (χ0v) is 17.8. The predicted octanol–water partition coefficient (Wildman–Crippen LogP) is 5.71. The van der Waals surface area contributed by atoms with Crippen molar-refractivity contribution < 1.29 is 13.2 Å². The van der Waals surface area contributed by atoms with Crippen LogP contribution in [-0.4, -0.2) is 19.1 Å². The molecule has 0 fully saturated rings. The van der Waals surface area contributed by atoms with E-state index in [-0.39, 0.29) is 5.69 Å². The first-order valence-electron chi connectivity index (χ1n) is 10.2. The van der Waals surface area contributed by atoms with Crippen LogP contribution >= 0.6 is 0 Å². The van der Waals surface area contributed by atoms with Gasteiger partial charge in [-0.15, -0.1) is 0 Å². The molecule has 0 saturated heterocycles. The minimum atomic E-state index is -4.50. The number of aromatic nitrogens is 4. The smallest absolute Gasteiger partial charge is 0.344 e. The maximum Gasteiger partial charge on any atom is 0.416 e. The average Bonchev–Trinajstić information content (AvgIpc) is 3.37. The Balaban J connectivity index is 1.66. The van der Waals surface area contributed by atoms with Crippen LogP contribution in [0.1, 0.15) is 11.1 Å². The summed E-state index contributed by atoms with van der Waals surface area (Å²) in [6.45, 7) is 2.01. The molecule has 5 aromatic rings. The quantitative estimate of drug-likeness (QED) is 0.384. The fourth-order valence-corrected chi connectivity index (χ4v) is 4.09. The molecular weight excluding hydrogens is 429 g/mol. The van der Waals surface area contributed by atoms with Crippen molar-refractivity contribution >= 4 is 11.0 Å². The van der Waals surface area contributed by atoms with Gasteiger partial charge in [0, 0.05) is 18.2 Å². The van der Waals surface area contributed by atoms with Crippen LogP contribution in [-0.2, 0) is 13.2 Å². The van der Waals surface area contributed by atoms with Gasteiger partial charge >= 0.3 is 11.9 Å². The standard InChI is InChI=1S/C25H19F3N4O/c1-15-5-3-6-16(11-15)22-23(30-14-29-22)17-9-10-20-21(12-17)31(2)24(33)32(20)19-8-4-7-18(13-19)25(26,27)28/h3-14H,1-2H3,(H,29,30). The lowest BCUT2D eigenvalue weighted by Crippen LogP contribution is -2.21. The van der Waals surface area contributed by atoms with E-state index in [4.69, 9.17) is 0 Å². The van der Waals surface area contributed by atoms with Gasteiger partial charge < -0.3 is 4.98 Å². The molecule has 5 nitrogen and oxygen atoms in total. The molecule has 3 aromatic carbocycles. The molecule has 8 heteroatoms. The first-order valence-corrected chi connectivity index (χ1v) is 10.2. The van der Waals surface area contributed by atoms with Crippen LogP contribution in [0, 0.1) is 6.92 Å². The third-order valence-electron chi connectivity index (χ3n) is 5.71. The Hall–Kier alpha value is -4.07. The van der Waals surface area contributed by atoms with Crippen molar-refractivity contribution in [2.75, 3.05) is 0 Å². The van der Waals surface area contributed by atoms with Gasteiger partial charge in [0.05, 0.1) is 40.0 Å². The maximum atomic E-state index is 13.2. The lowest BCUT2D eigenvalue weighted by Gasteiger charge is -2.10. The molecule has 0 unspecified atom stereocenters. The SMILES string of the molecule is Cc1cccc(-c2nc[nH]c2-c2ccc3c(c2)n(C)c(=O)n3-c2cccc(C(F)(F)F)c2)c1. The van der Waals surface area contributed by atoms with Crippen LogP contribution in [0.25, 0.3) is 39.2 Å². The summed E-state index contributed by atoms with van der Waals surface area (Å²) < 4.78 is 42.4. The molecule has 0 radical (unpaired) electrons. The van der Waals surface area contributed by atoms with E-state index in [9.17, 15) is 18.0 Å². The van der Waals surface area contributed by atoms with Crippen molar-refractivity contribution in [1.29, 1.82) is 0 Å². The summed E-state index contributed by atoms with van der Waals surface area (Å²) in [5.74, 6) is 0. The molecule has 0 amide bonds. The zero-order valence-electron chi connectivity index (χ0n) is 17.8. The highest BCUT2D eigenvalue weighted by molar-refractivity contribution is 5.87. The Labute approximate surface area is 186 Å². The van der Waals surface area contributed by atoms with Gasteiger partial charge in [0.1, 0.15) is 0 Å². The van der Waals surface area contributed by atoms with Gasteiger partial charge in [0.2, 0.25) is 0 Å². The fraction of sp³-hybridized carbons (Fsp3) is 0.120. The van der Waals surface area contributed by atoms with Crippen molar-refractivity contribution in [3.05, 3.63) is 94.7 Å². The van der Waals surface area contributed by atoms with Crippen LogP contribution in [0.2, 0.25) is 0 Å². The number of aromatic amines is 1. The van der Waals surface area contributed by atoms with Gasteiger partial charge in [-0.25, -0.2) is 9.78 Å². The molecule has 0 aliphatic carbocycles. The second kappa shape index (κ2) is 7.51. The Morgan fingerprint density at radius 1 is 0.909 bits per heavy atom. The summed E-state index contributed by atoms with van der Waals surface area (Å²) in [5, 5.41) is 0. The van der Waals surface area contributed by atoms with E-state index >= 15 is 0 Å². The summed E-state index contributed by atoms with van der Waals surface area (Å²) in [6, 6.07) is 18.2. The van der Waals surface area contributed by atoms with Crippen molar-refractivity contribution in [1.82, 2.24) is 19.1 Å². The lowest BCUT2D eigenvalue weighted by atomic mass is 10.0. The van der Waals surface area contributed by atoms with Crippen molar-refractivity contribution in [3.8, 4) is 28.2 Å². The van der Waals surface area contributed by atoms with Gasteiger partial charge in [-0.3, -0.25) is 9.13 Å². The van der Waals surface area contributed by atoms with E-state index in [1.807, 2.05) is 43.3 Å². The van der Waals surface area contributed by atoms with Gasteiger partial charge in [0.25, 0.3) is 0 Å². The Bertz CT molecular complexity index is 1560. The first kappa shape index (κ1) is 20.8. The molecule has 0 atom stereocenters. The van der Waals surface area contributed by atoms with E-state index in [1.165, 1.54) is 21.3 Å². The first-order chi connectivity index (χ1) is 15.7. The topological polar surface area (TPSA) is 55.6 Å². The van der Waals surface area contributed by atoms with Crippen molar-refractivity contribution in [2.45, 2.75) is 13.1 Å². The molecule has 0 bridgehead atoms. The number of hydrogen-bond acceptors (Lipinski definition) is 2. The van der Waals surface area contributed by atoms with Crippen LogP contribution in [0.15, 0.2) is 77.9 Å². The van der Waals surface area contributed by atoms with E-state index in [0.29, 0.717) is 11.0 Å². The van der Waals surface area contributed by atoms with Crippen LogP contribution in [0.5, 0.6) is 0 Å². The predicted molar refractivity (Wildman–Crippen MR) is 121 cm³/mol. The Morgan fingerprint density at radius 3 is 2.45 bits per heavy atom. The molecule has 2 heterocycles. The molecule has 2 aromatic heterocycles. The van der Waals surface area contributed by atoms with Gasteiger partial charge in [-0.1, -0.05) is 35.9 Å². The minimum absolute atomic E-state index is 0.162. The number of aryl methyl sites for hydroxylation is 2. The van der Waals surface area contributed by atoms with Crippen LogP contribution in [0.3, 0.4) is 0 Å². The summed E-state index contributed by atoms with van der Waals surface area (Å²) >= 11 is 0. The van der Waals surface area contributed by atoms with Crippen LogP contribution in [0.4, 0.5) is 13.2 Å². The normalized spacial score (nSPS) is 11.9. The Morgan fingerprint density at radius 2 is 1.70 bits per heavy atom. The minimum Gasteiger partial charge on any atom is -0.344 e. The second-order valence-corrected chi connectivity index (χ2v) is 7.92. The highest BCUT2D eigenvalue weighted by Crippen LogP contribution is 2.33. The number of nitrogens with zero attached hydrogens (tertiary/aromatic N) is 3. The number of hydrogen-bond donors (Lipinski definition) is 1. The van der Waals surface area contributed by atoms with Gasteiger partial charge in [-0.2, -0.15) is 13.2 Å². The number of fused-ring (bicyclic) bond motifs is 1. The van der Waals surface area contributed by atoms with Gasteiger partial charge in [0.15, 0.2) is 0 Å². The number of rotatable bonds is 3. The number of alkyl halides is 3. The molecule has 1 N–H and O–H groups in total. The van der Waals surface area contributed by atoms with Gasteiger partial charge in [-0.05, 0) is 43.3 Å². The number of imidazole rings is 2. The second-order valence-electron chi connectivity index (χ2n) is 7.92. The highest BCUT2D eigenvalue weighted by Gasteiger charge is 2.31. The molecule has 0 spiro atoms. The fourth-order valence-electron chi connectivity index (χ4n) is 4.09. The monoisotopic (exact) mass is 448 g/mol. The summed E-state index contributed by atoms with van der Waals surface area (Å²) in [4.78, 5) is 20.6. The molecule has 0 aliphatic heterocycles. The van der Waals surface area contributed by atoms with E-state index in [1.54, 1.807) is 19.4 Å². The van der Waals surface area contributed by atoms with E-state index in [0.717, 1.165) is 40.2 Å². The van der Waals surface area contributed by atoms with Crippen molar-refractivity contribution in [3.63, 3.8) is 0 Å².